The molecule has 4 nitrogen and oxygen atoms in total. The van der Waals surface area contributed by atoms with Gasteiger partial charge in [-0.15, -0.1) is 0 Å². The zero-order valence-corrected chi connectivity index (χ0v) is 9.04. The van der Waals surface area contributed by atoms with Crippen molar-refractivity contribution in [3.63, 3.8) is 0 Å². The van der Waals surface area contributed by atoms with Gasteiger partial charge in [0.05, 0.1) is 0 Å². The van der Waals surface area contributed by atoms with Crippen molar-refractivity contribution in [1.82, 2.24) is 5.32 Å². The monoisotopic (exact) mass is 224 g/mol. The van der Waals surface area contributed by atoms with E-state index in [4.69, 9.17) is 17.3 Å². The third kappa shape index (κ3) is 3.95. The Morgan fingerprint density at radius 1 is 1.40 bits per heavy atom. The van der Waals surface area contributed by atoms with Gasteiger partial charge in [0.25, 0.3) is 0 Å². The number of para-hydroxylation sites is 1. The van der Waals surface area contributed by atoms with Gasteiger partial charge in [-0.05, 0) is 31.3 Å². The van der Waals surface area contributed by atoms with Crippen LogP contribution in [0, 0.1) is 0 Å². The van der Waals surface area contributed by atoms with E-state index in [-0.39, 0.29) is 0 Å². The molecule has 0 fully saturated rings. The zero-order valence-electron chi connectivity index (χ0n) is 8.23. The molecule has 0 spiro atoms. The molecule has 1 atom stereocenters. The number of hydrogen-bond acceptors (Lipinski definition) is 2. The number of benzene rings is 1. The van der Waals surface area contributed by atoms with E-state index in [0.29, 0.717) is 5.11 Å². The lowest BCUT2D eigenvalue weighted by Gasteiger charge is -2.13. The predicted octanol–water partition coefficient (Wildman–Crippen LogP) is 1.45. The van der Waals surface area contributed by atoms with E-state index < -0.39 is 12.0 Å². The minimum Gasteiger partial charge on any atom is -0.480 e. The number of rotatable bonds is 3. The smallest absolute Gasteiger partial charge is 0.325 e. The highest BCUT2D eigenvalue weighted by molar-refractivity contribution is 7.80. The highest BCUT2D eigenvalue weighted by Gasteiger charge is 2.11. The van der Waals surface area contributed by atoms with Gasteiger partial charge in [0.1, 0.15) is 6.04 Å². The van der Waals surface area contributed by atoms with Crippen LogP contribution in [0.15, 0.2) is 30.3 Å². The molecule has 0 saturated carbocycles. The number of anilines is 1. The number of nitrogens with one attached hydrogen (secondary N) is 2. The maximum Gasteiger partial charge on any atom is 0.325 e. The van der Waals surface area contributed by atoms with Gasteiger partial charge in [-0.3, -0.25) is 4.79 Å². The molecular formula is C10H12N2O2S. The van der Waals surface area contributed by atoms with Crippen LogP contribution in [0.4, 0.5) is 5.69 Å². The van der Waals surface area contributed by atoms with Crippen LogP contribution in [0.2, 0.25) is 0 Å². The van der Waals surface area contributed by atoms with Gasteiger partial charge in [-0.1, -0.05) is 18.2 Å². The van der Waals surface area contributed by atoms with Gasteiger partial charge in [0.2, 0.25) is 0 Å². The lowest BCUT2D eigenvalue weighted by atomic mass is 10.3. The first-order valence-corrected chi connectivity index (χ1v) is 4.86. The standard InChI is InChI=1S/C10H12N2O2S/c1-7(9(13)14)11-10(15)12-8-5-3-2-4-6-8/h2-7H,1H3,(H,13,14)(H2,11,12,15)/t7-/m0/s1. The van der Waals surface area contributed by atoms with E-state index in [9.17, 15) is 4.79 Å². The van der Waals surface area contributed by atoms with Gasteiger partial charge < -0.3 is 15.7 Å². The fourth-order valence-corrected chi connectivity index (χ4v) is 1.24. The molecule has 1 aromatic carbocycles. The molecule has 0 radical (unpaired) electrons. The zero-order chi connectivity index (χ0) is 11.3. The molecule has 0 aliphatic heterocycles. The number of carboxylic acids is 1. The first kappa shape index (κ1) is 11.5. The summed E-state index contributed by atoms with van der Waals surface area (Å²) in [5.41, 5.74) is 0.826. The summed E-state index contributed by atoms with van der Waals surface area (Å²) in [5, 5.41) is 14.5. The van der Waals surface area contributed by atoms with Crippen molar-refractivity contribution in [3.8, 4) is 0 Å². The van der Waals surface area contributed by atoms with Crippen LogP contribution in [-0.4, -0.2) is 22.2 Å². The van der Waals surface area contributed by atoms with Crippen molar-refractivity contribution in [1.29, 1.82) is 0 Å². The normalized spacial score (nSPS) is 11.5. The van der Waals surface area contributed by atoms with E-state index >= 15 is 0 Å². The van der Waals surface area contributed by atoms with Gasteiger partial charge in [0, 0.05) is 5.69 Å². The first-order valence-electron chi connectivity index (χ1n) is 4.45. The molecule has 0 heterocycles. The summed E-state index contributed by atoms with van der Waals surface area (Å²) < 4.78 is 0. The number of thiocarbonyl (C=S) groups is 1. The van der Waals surface area contributed by atoms with E-state index in [2.05, 4.69) is 10.6 Å². The van der Waals surface area contributed by atoms with Crippen LogP contribution >= 0.6 is 12.2 Å². The fourth-order valence-electron chi connectivity index (χ4n) is 0.947. The Kier molecular flexibility index (Phi) is 4.05. The molecule has 80 valence electrons. The minimum atomic E-state index is -0.938. The Balaban J connectivity index is 2.47. The van der Waals surface area contributed by atoms with Crippen molar-refractivity contribution >= 4 is 29.0 Å². The van der Waals surface area contributed by atoms with Gasteiger partial charge >= 0.3 is 5.97 Å². The maximum absolute atomic E-state index is 10.5. The maximum atomic E-state index is 10.5. The quantitative estimate of drug-likeness (QED) is 0.678. The fraction of sp³-hybridized carbons (Fsp3) is 0.200. The molecule has 0 aliphatic rings. The lowest BCUT2D eigenvalue weighted by molar-refractivity contribution is -0.138. The second-order valence-electron chi connectivity index (χ2n) is 3.02. The van der Waals surface area contributed by atoms with Crippen LogP contribution in [0.25, 0.3) is 0 Å². The summed E-state index contributed by atoms with van der Waals surface area (Å²) >= 11 is 4.95. The SMILES string of the molecule is C[C@H](NC(=S)Nc1ccccc1)C(=O)O. The van der Waals surface area contributed by atoms with E-state index in [1.165, 1.54) is 6.92 Å². The topological polar surface area (TPSA) is 61.4 Å². The van der Waals surface area contributed by atoms with Crippen molar-refractivity contribution in [2.45, 2.75) is 13.0 Å². The molecule has 5 heteroatoms. The summed E-state index contributed by atoms with van der Waals surface area (Å²) in [6.07, 6.45) is 0. The second-order valence-corrected chi connectivity index (χ2v) is 3.43. The first-order chi connectivity index (χ1) is 7.09. The van der Waals surface area contributed by atoms with Crippen LogP contribution in [0.5, 0.6) is 0 Å². The Hall–Kier alpha value is -1.62. The Morgan fingerprint density at radius 2 is 2.00 bits per heavy atom. The Bertz CT molecular complexity index is 354. The van der Waals surface area contributed by atoms with Crippen LogP contribution < -0.4 is 10.6 Å². The molecule has 0 aromatic heterocycles. The molecule has 15 heavy (non-hydrogen) atoms. The van der Waals surface area contributed by atoms with E-state index in [0.717, 1.165) is 5.69 Å². The largest absolute Gasteiger partial charge is 0.480 e. The number of carboxylic acid groups (broad SMARTS) is 1. The summed E-state index contributed by atoms with van der Waals surface area (Å²) in [6.45, 7) is 1.53. The summed E-state index contributed by atoms with van der Waals surface area (Å²) in [6, 6.07) is 8.62. The van der Waals surface area contributed by atoms with Crippen LogP contribution in [0.1, 0.15) is 6.92 Å². The number of carbonyl (C=O) groups is 1. The Morgan fingerprint density at radius 3 is 2.53 bits per heavy atom. The van der Waals surface area contributed by atoms with Gasteiger partial charge in [-0.2, -0.15) is 0 Å². The second kappa shape index (κ2) is 5.31. The van der Waals surface area contributed by atoms with Crippen LogP contribution in [-0.2, 0) is 4.79 Å². The molecule has 1 aromatic rings. The third-order valence-electron chi connectivity index (χ3n) is 1.75. The van der Waals surface area contributed by atoms with Gasteiger partial charge in [0.15, 0.2) is 5.11 Å². The highest BCUT2D eigenvalue weighted by atomic mass is 32.1. The summed E-state index contributed by atoms with van der Waals surface area (Å²) in [4.78, 5) is 10.5. The third-order valence-corrected chi connectivity index (χ3v) is 1.97. The van der Waals surface area contributed by atoms with Crippen molar-refractivity contribution in [2.75, 3.05) is 5.32 Å². The molecule has 0 aliphatic carbocycles. The molecule has 3 N–H and O–H groups in total. The average molecular weight is 224 g/mol. The van der Waals surface area contributed by atoms with E-state index in [1.54, 1.807) is 0 Å². The molecule has 0 saturated heterocycles. The van der Waals surface area contributed by atoms with Gasteiger partial charge in [-0.25, -0.2) is 0 Å². The number of aliphatic carboxylic acids is 1. The lowest BCUT2D eigenvalue weighted by Crippen LogP contribution is -2.40. The Labute approximate surface area is 93.3 Å². The average Bonchev–Trinajstić information content (AvgIpc) is 2.18. The van der Waals surface area contributed by atoms with Crippen molar-refractivity contribution in [2.24, 2.45) is 0 Å². The van der Waals surface area contributed by atoms with Crippen molar-refractivity contribution in [3.05, 3.63) is 30.3 Å². The van der Waals surface area contributed by atoms with E-state index in [1.807, 2.05) is 30.3 Å². The number of hydrogen-bond donors (Lipinski definition) is 3. The molecule has 0 bridgehead atoms. The molecular weight excluding hydrogens is 212 g/mol. The predicted molar refractivity (Wildman–Crippen MR) is 62.9 cm³/mol. The summed E-state index contributed by atoms with van der Waals surface area (Å²) in [5.74, 6) is -0.938. The summed E-state index contributed by atoms with van der Waals surface area (Å²) in [7, 11) is 0. The molecule has 1 rings (SSSR count). The molecule has 0 amide bonds. The van der Waals surface area contributed by atoms with Crippen molar-refractivity contribution < 1.29 is 9.90 Å². The van der Waals surface area contributed by atoms with Crippen LogP contribution in [0.3, 0.4) is 0 Å². The minimum absolute atomic E-state index is 0.302. The highest BCUT2D eigenvalue weighted by Crippen LogP contribution is 2.04. The molecule has 0 unspecified atom stereocenters.